The number of benzene rings is 1. The van der Waals surface area contributed by atoms with E-state index in [-0.39, 0.29) is 31.2 Å². The van der Waals surface area contributed by atoms with Gasteiger partial charge >= 0.3 is 12.4 Å². The van der Waals surface area contributed by atoms with Gasteiger partial charge in [-0.15, -0.1) is 0 Å². The van der Waals surface area contributed by atoms with Gasteiger partial charge in [0, 0.05) is 13.2 Å². The van der Waals surface area contributed by atoms with Crippen molar-refractivity contribution in [3.8, 4) is 0 Å². The highest BCUT2D eigenvalue weighted by Gasteiger charge is 2.38. The number of nitrogens with one attached hydrogen (secondary N) is 1. The van der Waals surface area contributed by atoms with Crippen LogP contribution in [0, 0.1) is 0 Å². The zero-order chi connectivity index (χ0) is 18.8. The van der Waals surface area contributed by atoms with E-state index in [1.54, 1.807) is 6.92 Å². The molecule has 0 saturated heterocycles. The summed E-state index contributed by atoms with van der Waals surface area (Å²) >= 11 is 0. The fraction of sp³-hybridized carbons (Fsp3) is 0.538. The normalized spacial score (nSPS) is 14.7. The highest BCUT2D eigenvalue weighted by Crippen LogP contribution is 2.37. The van der Waals surface area contributed by atoms with Gasteiger partial charge in [-0.25, -0.2) is 13.1 Å². The van der Waals surface area contributed by atoms with Crippen molar-refractivity contribution in [1.82, 2.24) is 4.72 Å². The number of ether oxygens (including phenoxy) is 1. The summed E-state index contributed by atoms with van der Waals surface area (Å²) in [5, 5.41) is 0. The fourth-order valence-corrected chi connectivity index (χ4v) is 3.18. The summed E-state index contributed by atoms with van der Waals surface area (Å²) in [6, 6.07) is -0.594. The molecule has 0 fully saturated rings. The number of hydrogen-bond donors (Lipinski definition) is 1. The third-order valence-electron chi connectivity index (χ3n) is 3.05. The minimum Gasteiger partial charge on any atom is -0.383 e. The van der Waals surface area contributed by atoms with Crippen LogP contribution in [-0.2, 0) is 27.1 Å². The molecule has 0 heterocycles. The van der Waals surface area contributed by atoms with Crippen LogP contribution < -0.4 is 4.72 Å². The number of alkyl halides is 6. The van der Waals surface area contributed by atoms with Gasteiger partial charge in [-0.2, -0.15) is 26.3 Å². The van der Waals surface area contributed by atoms with Gasteiger partial charge in [-0.1, -0.05) is 6.92 Å². The van der Waals surface area contributed by atoms with Crippen LogP contribution in [0.5, 0.6) is 0 Å². The molecule has 1 unspecified atom stereocenters. The molecule has 1 N–H and O–H groups in total. The first-order valence-corrected chi connectivity index (χ1v) is 8.10. The minimum absolute atomic E-state index is 0.0825. The lowest BCUT2D eigenvalue weighted by Gasteiger charge is -2.18. The zero-order valence-corrected chi connectivity index (χ0v) is 13.4. The summed E-state index contributed by atoms with van der Waals surface area (Å²) in [6.07, 6.45) is -10.0. The Morgan fingerprint density at radius 1 is 1.04 bits per heavy atom. The van der Waals surface area contributed by atoms with E-state index >= 15 is 0 Å². The fourth-order valence-electron chi connectivity index (χ4n) is 1.81. The molecule has 0 bridgehead atoms. The first-order valence-electron chi connectivity index (χ1n) is 6.62. The largest absolute Gasteiger partial charge is 0.416 e. The van der Waals surface area contributed by atoms with E-state index in [1.165, 1.54) is 7.11 Å². The smallest absolute Gasteiger partial charge is 0.383 e. The van der Waals surface area contributed by atoms with Crippen LogP contribution in [0.15, 0.2) is 23.1 Å². The molecule has 1 aromatic rings. The average molecular weight is 379 g/mol. The van der Waals surface area contributed by atoms with Crippen molar-refractivity contribution >= 4 is 10.0 Å². The van der Waals surface area contributed by atoms with E-state index in [0.29, 0.717) is 0 Å². The van der Waals surface area contributed by atoms with Gasteiger partial charge in [0.15, 0.2) is 0 Å². The van der Waals surface area contributed by atoms with Crippen molar-refractivity contribution in [1.29, 1.82) is 0 Å². The van der Waals surface area contributed by atoms with Crippen LogP contribution in [0.25, 0.3) is 0 Å². The zero-order valence-electron chi connectivity index (χ0n) is 12.6. The third-order valence-corrected chi connectivity index (χ3v) is 4.55. The summed E-state index contributed by atoms with van der Waals surface area (Å²) in [5.41, 5.74) is -3.39. The van der Waals surface area contributed by atoms with Crippen LogP contribution >= 0.6 is 0 Å². The van der Waals surface area contributed by atoms with Crippen LogP contribution in [-0.4, -0.2) is 28.2 Å². The first kappa shape index (κ1) is 20.7. The predicted octanol–water partition coefficient (Wildman–Crippen LogP) is 3.43. The molecule has 1 rings (SSSR count). The maximum Gasteiger partial charge on any atom is 0.416 e. The van der Waals surface area contributed by atoms with Crippen LogP contribution in [0.3, 0.4) is 0 Å². The molecule has 138 valence electrons. The molecule has 11 heteroatoms. The Hall–Kier alpha value is -1.33. The average Bonchev–Trinajstić information content (AvgIpc) is 2.44. The van der Waals surface area contributed by atoms with Gasteiger partial charge in [-0.05, 0) is 24.6 Å². The topological polar surface area (TPSA) is 55.4 Å². The maximum absolute atomic E-state index is 12.8. The standard InChI is InChI=1S/C13H15F6NO3S/c1-3-10(7-23-2)20-24(21,22)11-5-8(12(14,15)16)4-9(6-11)13(17,18)19/h4-6,10,20H,3,7H2,1-2H3. The SMILES string of the molecule is CCC(COC)NS(=O)(=O)c1cc(C(F)(F)F)cc(C(F)(F)F)c1. The molecule has 1 atom stereocenters. The Morgan fingerprint density at radius 2 is 1.50 bits per heavy atom. The number of halogens is 6. The second kappa shape index (κ2) is 7.28. The number of rotatable bonds is 6. The molecule has 0 aliphatic carbocycles. The molecule has 0 aliphatic heterocycles. The van der Waals surface area contributed by atoms with Gasteiger partial charge in [0.25, 0.3) is 0 Å². The van der Waals surface area contributed by atoms with Crippen molar-refractivity contribution in [3.05, 3.63) is 29.3 Å². The van der Waals surface area contributed by atoms with Crippen molar-refractivity contribution in [3.63, 3.8) is 0 Å². The van der Waals surface area contributed by atoms with Gasteiger partial charge in [0.05, 0.1) is 22.6 Å². The van der Waals surface area contributed by atoms with Gasteiger partial charge in [-0.3, -0.25) is 0 Å². The Labute approximate surface area is 134 Å². The molecule has 0 aliphatic rings. The van der Waals surface area contributed by atoms with Crippen molar-refractivity contribution in [2.24, 2.45) is 0 Å². The highest BCUT2D eigenvalue weighted by atomic mass is 32.2. The Bertz CT molecular complexity index is 637. The maximum atomic E-state index is 12.8. The second-order valence-corrected chi connectivity index (χ2v) is 6.64. The van der Waals surface area contributed by atoms with Crippen molar-refractivity contribution in [2.45, 2.75) is 36.6 Å². The lowest BCUT2D eigenvalue weighted by atomic mass is 10.1. The predicted molar refractivity (Wildman–Crippen MR) is 72.7 cm³/mol. The molecular formula is C13H15F6NO3S. The Kier molecular flexibility index (Phi) is 6.28. The summed E-state index contributed by atoms with van der Waals surface area (Å²) < 4.78 is 108. The first-order chi connectivity index (χ1) is 10.8. The molecular weight excluding hydrogens is 364 g/mol. The van der Waals surface area contributed by atoms with E-state index in [4.69, 9.17) is 4.74 Å². The second-order valence-electron chi connectivity index (χ2n) is 4.92. The molecule has 1 aromatic carbocycles. The molecule has 0 aromatic heterocycles. The summed E-state index contributed by atoms with van der Waals surface area (Å²) in [4.78, 5) is -1.11. The lowest BCUT2D eigenvalue weighted by Crippen LogP contribution is -2.37. The monoisotopic (exact) mass is 379 g/mol. The van der Waals surface area contributed by atoms with Crippen LogP contribution in [0.4, 0.5) is 26.3 Å². The third kappa shape index (κ3) is 5.35. The summed E-state index contributed by atoms with van der Waals surface area (Å²) in [7, 11) is -3.31. The number of hydrogen-bond acceptors (Lipinski definition) is 3. The van der Waals surface area contributed by atoms with Crippen molar-refractivity contribution in [2.75, 3.05) is 13.7 Å². The number of sulfonamides is 1. The highest BCUT2D eigenvalue weighted by molar-refractivity contribution is 7.89. The van der Waals surface area contributed by atoms with E-state index < -0.39 is 44.4 Å². The van der Waals surface area contributed by atoms with Crippen molar-refractivity contribution < 1.29 is 39.5 Å². The lowest BCUT2D eigenvalue weighted by molar-refractivity contribution is -0.143. The van der Waals surface area contributed by atoms with E-state index in [2.05, 4.69) is 0 Å². The van der Waals surface area contributed by atoms with Gasteiger partial charge in [0.1, 0.15) is 0 Å². The van der Waals surface area contributed by atoms with E-state index in [9.17, 15) is 34.8 Å². The molecule has 0 radical (unpaired) electrons. The quantitative estimate of drug-likeness (QED) is 0.771. The van der Waals surface area contributed by atoms with Gasteiger partial charge < -0.3 is 4.74 Å². The Balaban J connectivity index is 3.41. The molecule has 0 spiro atoms. The molecule has 0 amide bonds. The van der Waals surface area contributed by atoms with Gasteiger partial charge in [0.2, 0.25) is 10.0 Å². The molecule has 0 saturated carbocycles. The minimum atomic E-state index is -5.12. The number of methoxy groups -OCH3 is 1. The van der Waals surface area contributed by atoms with Crippen LogP contribution in [0.1, 0.15) is 24.5 Å². The Morgan fingerprint density at radius 3 is 1.83 bits per heavy atom. The summed E-state index contributed by atoms with van der Waals surface area (Å²) in [6.45, 7) is 1.50. The van der Waals surface area contributed by atoms with Crippen LogP contribution in [0.2, 0.25) is 0 Å². The molecule has 24 heavy (non-hydrogen) atoms. The van der Waals surface area contributed by atoms with E-state index in [1.807, 2.05) is 4.72 Å². The molecule has 4 nitrogen and oxygen atoms in total. The summed E-state index contributed by atoms with van der Waals surface area (Å²) in [5.74, 6) is 0. The van der Waals surface area contributed by atoms with E-state index in [0.717, 1.165) is 0 Å².